The van der Waals surface area contributed by atoms with Crippen LogP contribution in [0, 0.1) is 5.82 Å². The van der Waals surface area contributed by atoms with Crippen LogP contribution in [0.3, 0.4) is 0 Å². The highest BCUT2D eigenvalue weighted by atomic mass is 35.5. The number of thioether (sulfide) groups is 1. The lowest BCUT2D eigenvalue weighted by Gasteiger charge is -2.36. The first-order valence-electron chi connectivity index (χ1n) is 7.79. The van der Waals surface area contributed by atoms with Gasteiger partial charge in [-0.05, 0) is 36.4 Å². The molecule has 0 unspecified atom stereocenters. The molecule has 1 aliphatic rings. The molecule has 6 heteroatoms. The third-order valence-electron chi connectivity index (χ3n) is 4.01. The fourth-order valence-corrected chi connectivity index (χ4v) is 3.80. The molecule has 0 saturated carbocycles. The van der Waals surface area contributed by atoms with Crippen LogP contribution in [-0.2, 0) is 4.79 Å². The summed E-state index contributed by atoms with van der Waals surface area (Å²) >= 11 is 7.58. The molecule has 3 rings (SSSR count). The van der Waals surface area contributed by atoms with E-state index in [4.69, 9.17) is 11.6 Å². The maximum Gasteiger partial charge on any atom is 0.233 e. The van der Waals surface area contributed by atoms with Gasteiger partial charge in [0.25, 0.3) is 0 Å². The lowest BCUT2D eigenvalue weighted by atomic mass is 10.2. The van der Waals surface area contributed by atoms with E-state index in [0.29, 0.717) is 23.9 Å². The normalized spacial score (nSPS) is 14.8. The number of carbonyl (C=O) groups excluding carboxylic acids is 1. The standard InChI is InChI=1S/C18H18ClFN2OS/c19-16-3-1-2-4-17(16)24-13-18(23)22-11-9-21(10-12-22)15-7-5-14(20)6-8-15/h1-8H,9-13H2. The molecular formula is C18H18ClFN2OS. The van der Waals surface area contributed by atoms with Gasteiger partial charge >= 0.3 is 0 Å². The summed E-state index contributed by atoms with van der Waals surface area (Å²) in [5.74, 6) is 0.281. The van der Waals surface area contributed by atoms with Gasteiger partial charge in [-0.15, -0.1) is 11.8 Å². The molecule has 0 aromatic heterocycles. The highest BCUT2D eigenvalue weighted by Crippen LogP contribution is 2.27. The molecule has 0 aliphatic carbocycles. The zero-order valence-electron chi connectivity index (χ0n) is 13.1. The van der Waals surface area contributed by atoms with E-state index in [1.807, 2.05) is 29.2 Å². The number of hydrogen-bond donors (Lipinski definition) is 0. The molecule has 2 aromatic rings. The Kier molecular flexibility index (Phi) is 5.63. The lowest BCUT2D eigenvalue weighted by Crippen LogP contribution is -2.49. The smallest absolute Gasteiger partial charge is 0.233 e. The zero-order valence-corrected chi connectivity index (χ0v) is 14.7. The largest absolute Gasteiger partial charge is 0.368 e. The summed E-state index contributed by atoms with van der Waals surface area (Å²) in [6.45, 7) is 2.88. The molecule has 1 saturated heterocycles. The number of halogens is 2. The van der Waals surface area contributed by atoms with E-state index in [-0.39, 0.29) is 11.7 Å². The first-order valence-corrected chi connectivity index (χ1v) is 9.15. The van der Waals surface area contributed by atoms with Gasteiger partial charge in [0.2, 0.25) is 5.91 Å². The van der Waals surface area contributed by atoms with Crippen molar-refractivity contribution < 1.29 is 9.18 Å². The Balaban J connectivity index is 1.50. The minimum absolute atomic E-state index is 0.124. The first-order chi connectivity index (χ1) is 11.6. The number of rotatable bonds is 4. The molecule has 1 amide bonds. The molecule has 0 spiro atoms. The van der Waals surface area contributed by atoms with Crippen LogP contribution in [0.15, 0.2) is 53.4 Å². The summed E-state index contributed by atoms with van der Waals surface area (Å²) < 4.78 is 13.0. The maximum atomic E-state index is 13.0. The van der Waals surface area contributed by atoms with E-state index in [2.05, 4.69) is 4.90 Å². The van der Waals surface area contributed by atoms with Crippen LogP contribution in [0.2, 0.25) is 5.02 Å². The second kappa shape index (κ2) is 7.90. The summed E-state index contributed by atoms with van der Waals surface area (Å²) in [6, 6.07) is 14.0. The SMILES string of the molecule is O=C(CSc1ccccc1Cl)N1CCN(c2ccc(F)cc2)CC1. The molecule has 126 valence electrons. The average molecular weight is 365 g/mol. The van der Waals surface area contributed by atoms with Gasteiger partial charge in [-0.3, -0.25) is 4.79 Å². The van der Waals surface area contributed by atoms with E-state index in [1.54, 1.807) is 12.1 Å². The van der Waals surface area contributed by atoms with Gasteiger partial charge in [0.05, 0.1) is 10.8 Å². The highest BCUT2D eigenvalue weighted by Gasteiger charge is 2.21. The number of nitrogens with zero attached hydrogens (tertiary/aromatic N) is 2. The second-order valence-corrected chi connectivity index (χ2v) is 6.99. The van der Waals surface area contributed by atoms with E-state index in [0.717, 1.165) is 23.7 Å². The summed E-state index contributed by atoms with van der Waals surface area (Å²) in [6.07, 6.45) is 0. The van der Waals surface area contributed by atoms with Crippen molar-refractivity contribution in [2.75, 3.05) is 36.8 Å². The average Bonchev–Trinajstić information content (AvgIpc) is 2.62. The van der Waals surface area contributed by atoms with Gasteiger partial charge in [0, 0.05) is 36.8 Å². The summed E-state index contributed by atoms with van der Waals surface area (Å²) in [5.41, 5.74) is 0.994. The molecule has 1 fully saturated rings. The Hall–Kier alpha value is -1.72. The van der Waals surface area contributed by atoms with Crippen molar-refractivity contribution in [1.82, 2.24) is 4.90 Å². The minimum Gasteiger partial charge on any atom is -0.368 e. The van der Waals surface area contributed by atoms with Crippen molar-refractivity contribution in [3.05, 3.63) is 59.4 Å². The van der Waals surface area contributed by atoms with Crippen LogP contribution in [0.4, 0.5) is 10.1 Å². The van der Waals surface area contributed by atoms with E-state index in [9.17, 15) is 9.18 Å². The Morgan fingerprint density at radius 1 is 1.04 bits per heavy atom. The third-order valence-corrected chi connectivity index (χ3v) is 5.51. The second-order valence-electron chi connectivity index (χ2n) is 5.56. The van der Waals surface area contributed by atoms with Crippen molar-refractivity contribution in [2.45, 2.75) is 4.90 Å². The Morgan fingerprint density at radius 3 is 2.38 bits per heavy atom. The van der Waals surface area contributed by atoms with E-state index < -0.39 is 0 Å². The molecule has 24 heavy (non-hydrogen) atoms. The van der Waals surface area contributed by atoms with Crippen LogP contribution in [0.25, 0.3) is 0 Å². The molecular weight excluding hydrogens is 347 g/mol. The summed E-state index contributed by atoms with van der Waals surface area (Å²) in [5, 5.41) is 0.677. The summed E-state index contributed by atoms with van der Waals surface area (Å²) in [7, 11) is 0. The van der Waals surface area contributed by atoms with Gasteiger partial charge in [0.15, 0.2) is 0 Å². The predicted octanol–water partition coefficient (Wildman–Crippen LogP) is 3.92. The van der Waals surface area contributed by atoms with Crippen molar-refractivity contribution >= 4 is 35.0 Å². The lowest BCUT2D eigenvalue weighted by molar-refractivity contribution is -0.128. The predicted molar refractivity (Wildman–Crippen MR) is 97.4 cm³/mol. The number of amides is 1. The van der Waals surface area contributed by atoms with Crippen LogP contribution >= 0.6 is 23.4 Å². The van der Waals surface area contributed by atoms with Crippen molar-refractivity contribution in [1.29, 1.82) is 0 Å². The molecule has 3 nitrogen and oxygen atoms in total. The van der Waals surface area contributed by atoms with E-state index in [1.165, 1.54) is 23.9 Å². The van der Waals surface area contributed by atoms with Gasteiger partial charge < -0.3 is 9.80 Å². The van der Waals surface area contributed by atoms with Gasteiger partial charge in [-0.2, -0.15) is 0 Å². The molecule has 2 aromatic carbocycles. The van der Waals surface area contributed by atoms with Crippen LogP contribution in [-0.4, -0.2) is 42.7 Å². The van der Waals surface area contributed by atoms with Crippen LogP contribution in [0.5, 0.6) is 0 Å². The van der Waals surface area contributed by atoms with Crippen LogP contribution in [0.1, 0.15) is 0 Å². The Bertz CT molecular complexity index is 702. The van der Waals surface area contributed by atoms with Crippen molar-refractivity contribution in [3.8, 4) is 0 Å². The quantitative estimate of drug-likeness (QED) is 0.768. The van der Waals surface area contributed by atoms with Gasteiger partial charge in [0.1, 0.15) is 5.82 Å². The third kappa shape index (κ3) is 4.22. The summed E-state index contributed by atoms with van der Waals surface area (Å²) in [4.78, 5) is 17.3. The topological polar surface area (TPSA) is 23.6 Å². The monoisotopic (exact) mass is 364 g/mol. The molecule has 0 bridgehead atoms. The Morgan fingerprint density at radius 2 is 1.71 bits per heavy atom. The van der Waals surface area contributed by atoms with E-state index >= 15 is 0 Å². The zero-order chi connectivity index (χ0) is 16.9. The number of hydrogen-bond acceptors (Lipinski definition) is 3. The number of carbonyl (C=O) groups is 1. The number of anilines is 1. The molecule has 0 radical (unpaired) electrons. The van der Waals surface area contributed by atoms with Crippen molar-refractivity contribution in [2.24, 2.45) is 0 Å². The number of benzene rings is 2. The molecule has 1 aliphatic heterocycles. The van der Waals surface area contributed by atoms with Gasteiger partial charge in [-0.1, -0.05) is 23.7 Å². The Labute approximate surface area is 150 Å². The number of piperazine rings is 1. The first kappa shape index (κ1) is 17.1. The molecule has 0 N–H and O–H groups in total. The minimum atomic E-state index is -0.232. The van der Waals surface area contributed by atoms with Gasteiger partial charge in [-0.25, -0.2) is 4.39 Å². The van der Waals surface area contributed by atoms with Crippen molar-refractivity contribution in [3.63, 3.8) is 0 Å². The van der Waals surface area contributed by atoms with Crippen LogP contribution < -0.4 is 4.90 Å². The highest BCUT2D eigenvalue weighted by molar-refractivity contribution is 8.00. The fourth-order valence-electron chi connectivity index (χ4n) is 2.66. The molecule has 0 atom stereocenters. The maximum absolute atomic E-state index is 13.0. The molecule has 1 heterocycles. The fraction of sp³-hybridized carbons (Fsp3) is 0.278.